The zero-order chi connectivity index (χ0) is 25.9. The summed E-state index contributed by atoms with van der Waals surface area (Å²) < 4.78 is 7.19. The SMILES string of the molecule is CCn1c(SCC(=O)Nc2sc3c(c2C(=O)OC)CCCCCC3)nnc1-c1csc2c1CCC(C)C2. The number of anilines is 1. The number of esters is 1. The number of ether oxygens (including phenoxy) is 1. The average Bonchev–Trinajstić information content (AvgIpc) is 3.56. The van der Waals surface area contributed by atoms with Crippen molar-refractivity contribution < 1.29 is 14.3 Å². The lowest BCUT2D eigenvalue weighted by Crippen LogP contribution is -2.17. The number of thioether (sulfide) groups is 1. The summed E-state index contributed by atoms with van der Waals surface area (Å²) in [6.45, 7) is 5.14. The van der Waals surface area contributed by atoms with Crippen LogP contribution in [0.4, 0.5) is 5.00 Å². The van der Waals surface area contributed by atoms with Crippen LogP contribution in [-0.2, 0) is 41.8 Å². The Morgan fingerprint density at radius 3 is 2.73 bits per heavy atom. The lowest BCUT2D eigenvalue weighted by molar-refractivity contribution is -0.113. The van der Waals surface area contributed by atoms with Crippen LogP contribution in [-0.4, -0.2) is 39.5 Å². The summed E-state index contributed by atoms with van der Waals surface area (Å²) in [5.41, 5.74) is 4.21. The lowest BCUT2D eigenvalue weighted by Gasteiger charge is -2.19. The van der Waals surface area contributed by atoms with E-state index in [2.05, 4.69) is 39.3 Å². The molecule has 7 nitrogen and oxygen atoms in total. The smallest absolute Gasteiger partial charge is 0.341 e. The number of thiophene rings is 2. The number of methoxy groups -OCH3 is 1. The Morgan fingerprint density at radius 1 is 1.14 bits per heavy atom. The molecule has 5 rings (SSSR count). The first kappa shape index (κ1) is 26.4. The Balaban J connectivity index is 1.31. The highest BCUT2D eigenvalue weighted by atomic mass is 32.2. The number of hydrogen-bond acceptors (Lipinski definition) is 8. The number of fused-ring (bicyclic) bond motifs is 2. The van der Waals surface area contributed by atoms with Gasteiger partial charge in [-0.25, -0.2) is 4.79 Å². The third-order valence-electron chi connectivity index (χ3n) is 7.32. The molecule has 0 aliphatic heterocycles. The molecule has 2 aliphatic rings. The molecule has 0 saturated heterocycles. The van der Waals surface area contributed by atoms with Crippen LogP contribution < -0.4 is 5.32 Å². The number of rotatable bonds is 7. The van der Waals surface area contributed by atoms with E-state index in [1.807, 2.05) is 11.3 Å². The largest absolute Gasteiger partial charge is 0.465 e. The van der Waals surface area contributed by atoms with E-state index in [0.29, 0.717) is 10.6 Å². The minimum atomic E-state index is -0.370. The van der Waals surface area contributed by atoms with Gasteiger partial charge in [-0.05, 0) is 68.9 Å². The van der Waals surface area contributed by atoms with Crippen molar-refractivity contribution in [2.24, 2.45) is 5.92 Å². The predicted octanol–water partition coefficient (Wildman–Crippen LogP) is 6.39. The molecule has 10 heteroatoms. The first-order chi connectivity index (χ1) is 18.0. The number of carbonyl (C=O) groups excluding carboxylic acids is 2. The number of hydrogen-bond donors (Lipinski definition) is 1. The van der Waals surface area contributed by atoms with Crippen molar-refractivity contribution in [1.82, 2.24) is 14.8 Å². The van der Waals surface area contributed by atoms with E-state index < -0.39 is 0 Å². The summed E-state index contributed by atoms with van der Waals surface area (Å²) in [7, 11) is 1.40. The average molecular weight is 559 g/mol. The Morgan fingerprint density at radius 2 is 1.95 bits per heavy atom. The van der Waals surface area contributed by atoms with Gasteiger partial charge in [-0.15, -0.1) is 32.9 Å². The minimum Gasteiger partial charge on any atom is -0.465 e. The first-order valence-electron chi connectivity index (χ1n) is 13.2. The van der Waals surface area contributed by atoms with Gasteiger partial charge in [-0.2, -0.15) is 0 Å². The molecule has 198 valence electrons. The van der Waals surface area contributed by atoms with Crippen molar-refractivity contribution in [3.63, 3.8) is 0 Å². The van der Waals surface area contributed by atoms with Crippen LogP contribution in [0.25, 0.3) is 11.4 Å². The third kappa shape index (κ3) is 5.52. The number of aryl methyl sites for hydroxylation is 1. The molecule has 0 radical (unpaired) electrons. The topological polar surface area (TPSA) is 86.1 Å². The van der Waals surface area contributed by atoms with Crippen LogP contribution in [0, 0.1) is 5.92 Å². The highest BCUT2D eigenvalue weighted by Gasteiger charge is 2.27. The van der Waals surface area contributed by atoms with Crippen molar-refractivity contribution >= 4 is 51.3 Å². The molecule has 37 heavy (non-hydrogen) atoms. The molecular weight excluding hydrogens is 525 g/mol. The second-order valence-electron chi connectivity index (χ2n) is 9.90. The first-order valence-corrected chi connectivity index (χ1v) is 15.9. The summed E-state index contributed by atoms with van der Waals surface area (Å²) in [5, 5.41) is 15.6. The molecule has 0 bridgehead atoms. The maximum Gasteiger partial charge on any atom is 0.341 e. The van der Waals surface area contributed by atoms with E-state index in [1.165, 1.54) is 70.4 Å². The van der Waals surface area contributed by atoms with Gasteiger partial charge in [-0.1, -0.05) is 31.5 Å². The van der Waals surface area contributed by atoms with Crippen LogP contribution in [0.15, 0.2) is 10.5 Å². The number of aromatic nitrogens is 3. The fourth-order valence-corrected chi connectivity index (χ4v) is 8.70. The van der Waals surface area contributed by atoms with Gasteiger partial charge in [0, 0.05) is 27.2 Å². The molecule has 1 atom stereocenters. The van der Waals surface area contributed by atoms with E-state index >= 15 is 0 Å². The Bertz CT molecular complexity index is 1290. The minimum absolute atomic E-state index is 0.154. The van der Waals surface area contributed by atoms with Crippen LogP contribution in [0.1, 0.15) is 77.2 Å². The van der Waals surface area contributed by atoms with Gasteiger partial charge in [0.15, 0.2) is 11.0 Å². The molecule has 0 fully saturated rings. The number of nitrogens with one attached hydrogen (secondary N) is 1. The molecule has 3 aromatic heterocycles. The number of amides is 1. The standard InChI is InChI=1S/C27H34N4O3S3/c1-4-31-24(19-14-35-21-13-16(2)11-12-17(19)21)29-30-27(31)36-15-22(32)28-25-23(26(33)34-3)18-9-7-5-6-8-10-20(18)37-25/h14,16H,4-13,15H2,1-3H3,(H,28,32). The van der Waals surface area contributed by atoms with Gasteiger partial charge in [0.05, 0.1) is 18.4 Å². The van der Waals surface area contributed by atoms with Crippen LogP contribution in [0.3, 0.4) is 0 Å². The molecule has 0 aromatic carbocycles. The molecule has 1 unspecified atom stereocenters. The van der Waals surface area contributed by atoms with Gasteiger partial charge in [0.2, 0.25) is 5.91 Å². The number of nitrogens with zero attached hydrogens (tertiary/aromatic N) is 3. The van der Waals surface area contributed by atoms with Crippen molar-refractivity contribution in [1.29, 1.82) is 0 Å². The van der Waals surface area contributed by atoms with Gasteiger partial charge in [-0.3, -0.25) is 4.79 Å². The second kappa shape index (κ2) is 11.7. The van der Waals surface area contributed by atoms with Crippen molar-refractivity contribution in [3.05, 3.63) is 31.8 Å². The fraction of sp³-hybridized carbons (Fsp3) is 0.556. The summed E-state index contributed by atoms with van der Waals surface area (Å²) in [4.78, 5) is 28.3. The molecule has 1 N–H and O–H groups in total. The molecule has 1 amide bonds. The fourth-order valence-electron chi connectivity index (χ4n) is 5.36. The molecule has 0 spiro atoms. The second-order valence-corrected chi connectivity index (χ2v) is 12.9. The van der Waals surface area contributed by atoms with Crippen molar-refractivity contribution in [2.45, 2.75) is 83.3 Å². The van der Waals surface area contributed by atoms with E-state index in [4.69, 9.17) is 4.74 Å². The zero-order valence-electron chi connectivity index (χ0n) is 21.7. The van der Waals surface area contributed by atoms with E-state index in [9.17, 15) is 9.59 Å². The molecular formula is C27H34N4O3S3. The monoisotopic (exact) mass is 558 g/mol. The highest BCUT2D eigenvalue weighted by Crippen LogP contribution is 2.39. The van der Waals surface area contributed by atoms with E-state index in [-0.39, 0.29) is 17.6 Å². The van der Waals surface area contributed by atoms with Crippen LogP contribution >= 0.6 is 34.4 Å². The quantitative estimate of drug-likeness (QED) is 0.267. The predicted molar refractivity (Wildman–Crippen MR) is 151 cm³/mol. The summed E-state index contributed by atoms with van der Waals surface area (Å²) >= 11 is 4.74. The zero-order valence-corrected chi connectivity index (χ0v) is 24.2. The van der Waals surface area contributed by atoms with Gasteiger partial charge in [0.25, 0.3) is 0 Å². The summed E-state index contributed by atoms with van der Waals surface area (Å²) in [6, 6.07) is 0. The van der Waals surface area contributed by atoms with Gasteiger partial charge >= 0.3 is 5.97 Å². The Kier molecular flexibility index (Phi) is 8.36. The Hall–Kier alpha value is -2.17. The lowest BCUT2D eigenvalue weighted by atomic mass is 9.88. The van der Waals surface area contributed by atoms with Gasteiger partial charge < -0.3 is 14.6 Å². The van der Waals surface area contributed by atoms with Crippen molar-refractivity contribution in [2.75, 3.05) is 18.2 Å². The molecule has 2 aliphatic carbocycles. The van der Waals surface area contributed by atoms with E-state index in [0.717, 1.165) is 67.5 Å². The molecule has 0 saturated carbocycles. The number of carbonyl (C=O) groups is 2. The molecule has 3 aromatic rings. The maximum absolute atomic E-state index is 13.0. The maximum atomic E-state index is 13.0. The normalized spacial score (nSPS) is 17.4. The van der Waals surface area contributed by atoms with Crippen LogP contribution in [0.2, 0.25) is 0 Å². The van der Waals surface area contributed by atoms with Crippen LogP contribution in [0.5, 0.6) is 0 Å². The molecule has 3 heterocycles. The Labute approximate surface area is 230 Å². The highest BCUT2D eigenvalue weighted by molar-refractivity contribution is 7.99. The van der Waals surface area contributed by atoms with E-state index in [1.54, 1.807) is 0 Å². The van der Waals surface area contributed by atoms with Gasteiger partial charge in [0.1, 0.15) is 5.00 Å². The summed E-state index contributed by atoms with van der Waals surface area (Å²) in [5.74, 6) is 1.29. The summed E-state index contributed by atoms with van der Waals surface area (Å²) in [6.07, 6.45) is 9.77. The van der Waals surface area contributed by atoms with Crippen molar-refractivity contribution in [3.8, 4) is 11.4 Å². The third-order valence-corrected chi connectivity index (χ3v) is 10.5.